The molecule has 40 heavy (non-hydrogen) atoms. The van der Waals surface area contributed by atoms with E-state index in [0.29, 0.717) is 60.2 Å². The van der Waals surface area contributed by atoms with Crippen LogP contribution in [-0.2, 0) is 14.3 Å². The van der Waals surface area contributed by atoms with Gasteiger partial charge in [-0.15, -0.1) is 0 Å². The number of rotatable bonds is 9. The molecule has 0 bridgehead atoms. The van der Waals surface area contributed by atoms with Gasteiger partial charge in [0.05, 0.1) is 47.2 Å². The molecule has 0 spiro atoms. The summed E-state index contributed by atoms with van der Waals surface area (Å²) in [6, 6.07) is 7.80. The van der Waals surface area contributed by atoms with Crippen LogP contribution in [0.15, 0.2) is 48.8 Å². The predicted octanol–water partition coefficient (Wildman–Crippen LogP) is 3.63. The van der Waals surface area contributed by atoms with E-state index < -0.39 is 5.82 Å². The highest BCUT2D eigenvalue weighted by atomic mass is 35.5. The van der Waals surface area contributed by atoms with Crippen molar-refractivity contribution in [2.24, 2.45) is 5.73 Å². The minimum atomic E-state index is -0.516. The first-order valence-corrected chi connectivity index (χ1v) is 13.6. The molecule has 1 aliphatic carbocycles. The molecule has 2 aliphatic heterocycles. The highest BCUT2D eigenvalue weighted by molar-refractivity contribution is 6.31. The largest absolute Gasteiger partial charge is 0.489 e. The number of fused-ring (bicyclic) bond motifs is 2. The van der Waals surface area contributed by atoms with Gasteiger partial charge < -0.3 is 30.6 Å². The van der Waals surface area contributed by atoms with Crippen LogP contribution >= 0.6 is 11.6 Å². The first-order valence-electron chi connectivity index (χ1n) is 13.2. The average molecular weight is 569 g/mol. The van der Waals surface area contributed by atoms with Crippen molar-refractivity contribution in [1.29, 1.82) is 0 Å². The minimum Gasteiger partial charge on any atom is -0.489 e. The molecule has 4 N–H and O–H groups in total. The van der Waals surface area contributed by atoms with Gasteiger partial charge in [-0.05, 0) is 37.1 Å². The molecule has 3 fully saturated rings. The number of carbonyl (C=O) groups excluding carboxylic acids is 1. The van der Waals surface area contributed by atoms with Gasteiger partial charge in [0.15, 0.2) is 0 Å². The topological polar surface area (TPSA) is 124 Å². The monoisotopic (exact) mass is 568 g/mol. The first-order chi connectivity index (χ1) is 19.3. The standard InChI is InChI=1S/C28H30ClFN6O4/c29-19-10-17(3-4-20(19)30)34-27-18-11-22(23(12-21(18)32-16-33-27)40-15-28(31)5-6-28)35-26(37)2-1-7-36-13-24-25(14-36)39-9-8-38-24/h1-4,10-12,16,24-25H,5-9,13-15,31H2,(H,35,37)(H,32,33,34)/b2-1+/t24-,25?/m0/s1. The fourth-order valence-electron chi connectivity index (χ4n) is 4.81. The van der Waals surface area contributed by atoms with Gasteiger partial charge in [0.1, 0.15) is 30.3 Å². The molecule has 6 rings (SSSR count). The summed E-state index contributed by atoms with van der Waals surface area (Å²) in [5, 5.41) is 6.70. The third kappa shape index (κ3) is 6.18. The molecule has 1 saturated carbocycles. The smallest absolute Gasteiger partial charge is 0.248 e. The number of carbonyl (C=O) groups is 1. The van der Waals surface area contributed by atoms with Gasteiger partial charge in [-0.1, -0.05) is 17.7 Å². The number of likely N-dealkylation sites (tertiary alicyclic amines) is 1. The van der Waals surface area contributed by atoms with E-state index in [-0.39, 0.29) is 28.7 Å². The van der Waals surface area contributed by atoms with Gasteiger partial charge in [0.2, 0.25) is 5.91 Å². The molecule has 10 nitrogen and oxygen atoms in total. The van der Waals surface area contributed by atoms with Crippen LogP contribution in [0, 0.1) is 5.82 Å². The molecular formula is C28H30ClFN6O4. The second kappa shape index (κ2) is 11.3. The molecule has 2 saturated heterocycles. The number of aromatic nitrogens is 2. The molecule has 1 aromatic heterocycles. The van der Waals surface area contributed by atoms with E-state index in [1.807, 2.05) is 6.08 Å². The number of hydrogen-bond acceptors (Lipinski definition) is 9. The molecule has 1 amide bonds. The zero-order valence-electron chi connectivity index (χ0n) is 21.7. The number of benzene rings is 2. The van der Waals surface area contributed by atoms with Crippen molar-refractivity contribution in [3.63, 3.8) is 0 Å². The van der Waals surface area contributed by atoms with Crippen molar-refractivity contribution < 1.29 is 23.4 Å². The second-order valence-electron chi connectivity index (χ2n) is 10.4. The molecule has 2 aromatic carbocycles. The predicted molar refractivity (Wildman–Crippen MR) is 150 cm³/mol. The number of nitrogens with two attached hydrogens (primary N) is 1. The Labute approximate surface area is 235 Å². The minimum absolute atomic E-state index is 0.0117. The maximum absolute atomic E-state index is 13.6. The van der Waals surface area contributed by atoms with Crippen molar-refractivity contribution in [3.05, 3.63) is 59.7 Å². The Bertz CT molecular complexity index is 1440. The van der Waals surface area contributed by atoms with Gasteiger partial charge >= 0.3 is 0 Å². The quantitative estimate of drug-likeness (QED) is 0.332. The molecule has 3 aromatic rings. The summed E-state index contributed by atoms with van der Waals surface area (Å²) in [6.45, 7) is 3.71. The second-order valence-corrected chi connectivity index (χ2v) is 10.8. The summed E-state index contributed by atoms with van der Waals surface area (Å²) in [5.41, 5.74) is 7.49. The molecule has 3 aliphatic rings. The maximum Gasteiger partial charge on any atom is 0.248 e. The van der Waals surface area contributed by atoms with E-state index in [0.717, 1.165) is 25.9 Å². The SMILES string of the molecule is NC1(COc2cc3ncnc(Nc4ccc(F)c(Cl)c4)c3cc2NC(=O)/C=C/CN2CC3OCCO[C@H]3C2)CC1. The number of halogens is 2. The number of hydrogen-bond donors (Lipinski definition) is 3. The Morgan fingerprint density at radius 1 is 1.20 bits per heavy atom. The normalized spacial score (nSPS) is 21.9. The number of nitrogens with zero attached hydrogens (tertiary/aromatic N) is 3. The summed E-state index contributed by atoms with van der Waals surface area (Å²) < 4.78 is 31.2. The molecule has 0 radical (unpaired) electrons. The zero-order valence-corrected chi connectivity index (χ0v) is 22.5. The van der Waals surface area contributed by atoms with Crippen molar-refractivity contribution in [1.82, 2.24) is 14.9 Å². The van der Waals surface area contributed by atoms with Gasteiger partial charge in [-0.3, -0.25) is 9.69 Å². The van der Waals surface area contributed by atoms with Crippen LogP contribution in [0.4, 0.5) is 21.6 Å². The molecule has 210 valence electrons. The lowest BCUT2D eigenvalue weighted by molar-refractivity contribution is -0.116. The third-order valence-electron chi connectivity index (χ3n) is 7.26. The van der Waals surface area contributed by atoms with Crippen LogP contribution in [0.3, 0.4) is 0 Å². The van der Waals surface area contributed by atoms with E-state index in [4.69, 9.17) is 31.5 Å². The van der Waals surface area contributed by atoms with E-state index in [2.05, 4.69) is 25.5 Å². The van der Waals surface area contributed by atoms with E-state index in [1.165, 1.54) is 24.5 Å². The lowest BCUT2D eigenvalue weighted by atomic mass is 10.1. The average Bonchev–Trinajstić information content (AvgIpc) is 3.53. The van der Waals surface area contributed by atoms with Crippen LogP contribution < -0.4 is 21.1 Å². The summed E-state index contributed by atoms with van der Waals surface area (Å²) >= 11 is 5.95. The molecule has 1 unspecified atom stereocenters. The Morgan fingerprint density at radius 2 is 1.98 bits per heavy atom. The van der Waals surface area contributed by atoms with Gasteiger partial charge in [-0.25, -0.2) is 14.4 Å². The van der Waals surface area contributed by atoms with Crippen molar-refractivity contribution in [2.45, 2.75) is 30.6 Å². The van der Waals surface area contributed by atoms with Gasteiger partial charge in [-0.2, -0.15) is 0 Å². The molecule has 12 heteroatoms. The van der Waals surface area contributed by atoms with E-state index in [1.54, 1.807) is 18.2 Å². The van der Waals surface area contributed by atoms with Crippen molar-refractivity contribution in [3.8, 4) is 5.75 Å². The molecule has 3 heterocycles. The number of amides is 1. The fraction of sp³-hybridized carbons (Fsp3) is 0.393. The summed E-state index contributed by atoms with van der Waals surface area (Å²) in [7, 11) is 0. The first kappa shape index (κ1) is 26.9. The van der Waals surface area contributed by atoms with Gasteiger partial charge in [0, 0.05) is 42.9 Å². The van der Waals surface area contributed by atoms with Gasteiger partial charge in [0.25, 0.3) is 0 Å². The van der Waals surface area contributed by atoms with E-state index >= 15 is 0 Å². The Hall–Kier alpha value is -3.35. The van der Waals surface area contributed by atoms with Crippen molar-refractivity contribution >= 4 is 45.6 Å². The van der Waals surface area contributed by atoms with Crippen LogP contribution in [0.2, 0.25) is 5.02 Å². The maximum atomic E-state index is 13.6. The molecule has 2 atom stereocenters. The highest BCUT2D eigenvalue weighted by Crippen LogP contribution is 2.37. The lowest BCUT2D eigenvalue weighted by Crippen LogP contribution is -2.36. The fourth-order valence-corrected chi connectivity index (χ4v) is 4.99. The third-order valence-corrected chi connectivity index (χ3v) is 7.54. The summed E-state index contributed by atoms with van der Waals surface area (Å²) in [6.07, 6.45) is 6.68. The summed E-state index contributed by atoms with van der Waals surface area (Å²) in [5.74, 6) is 0.0950. The van der Waals surface area contributed by atoms with E-state index in [9.17, 15) is 9.18 Å². The van der Waals surface area contributed by atoms with Crippen LogP contribution in [0.5, 0.6) is 5.75 Å². The lowest BCUT2D eigenvalue weighted by Gasteiger charge is -2.24. The highest BCUT2D eigenvalue weighted by Gasteiger charge is 2.39. The van der Waals surface area contributed by atoms with Crippen LogP contribution in [0.1, 0.15) is 12.8 Å². The zero-order chi connectivity index (χ0) is 27.7. The Kier molecular flexibility index (Phi) is 7.56. The van der Waals surface area contributed by atoms with Crippen LogP contribution in [-0.4, -0.2) is 78.0 Å². The molecular weight excluding hydrogens is 539 g/mol. The summed E-state index contributed by atoms with van der Waals surface area (Å²) in [4.78, 5) is 23.9. The van der Waals surface area contributed by atoms with Crippen molar-refractivity contribution in [2.75, 3.05) is 50.1 Å². The number of nitrogens with one attached hydrogen (secondary N) is 2. The Morgan fingerprint density at radius 3 is 2.70 bits per heavy atom. The Balaban J connectivity index is 1.21. The number of ether oxygens (including phenoxy) is 3. The number of anilines is 3. The van der Waals surface area contributed by atoms with Crippen LogP contribution in [0.25, 0.3) is 10.9 Å².